The number of nitrogens with one attached hydrogen (secondary N) is 1. The molecule has 3 heteroatoms. The lowest BCUT2D eigenvalue weighted by Gasteiger charge is -2.21. The first kappa shape index (κ1) is 14.0. The van der Waals surface area contributed by atoms with Gasteiger partial charge in [0.1, 0.15) is 0 Å². The first-order valence-electron chi connectivity index (χ1n) is 7.03. The fourth-order valence-corrected chi connectivity index (χ4v) is 3.29. The second-order valence-electron chi connectivity index (χ2n) is 5.27. The molecule has 0 bridgehead atoms. The van der Waals surface area contributed by atoms with Crippen molar-refractivity contribution in [2.75, 3.05) is 5.32 Å². The average molecular weight is 351 g/mol. The zero-order valence-corrected chi connectivity index (χ0v) is 13.5. The van der Waals surface area contributed by atoms with Crippen LogP contribution in [0.5, 0.6) is 0 Å². The van der Waals surface area contributed by atoms with Crippen molar-refractivity contribution in [1.29, 1.82) is 0 Å². The molecule has 1 unspecified atom stereocenters. The van der Waals surface area contributed by atoms with Gasteiger partial charge >= 0.3 is 0 Å². The topological polar surface area (TPSA) is 12.0 Å². The Balaban J connectivity index is 1.88. The Kier molecular flexibility index (Phi) is 4.32. The van der Waals surface area contributed by atoms with E-state index in [-0.39, 0.29) is 0 Å². The molecule has 20 heavy (non-hydrogen) atoms. The van der Waals surface area contributed by atoms with E-state index in [9.17, 15) is 0 Å². The lowest BCUT2D eigenvalue weighted by atomic mass is 9.99. The number of anilines is 1. The third-order valence-corrected chi connectivity index (χ3v) is 5.11. The Bertz CT molecular complexity index is 612. The van der Waals surface area contributed by atoms with E-state index < -0.39 is 0 Å². The SMILES string of the molecule is Clc1cc(NC2CCCCc3ccccc32)ccc1Br. The molecule has 1 aliphatic rings. The van der Waals surface area contributed by atoms with Crippen LogP contribution in [0.1, 0.15) is 36.4 Å². The molecule has 0 aliphatic heterocycles. The number of aryl methyl sites for hydroxylation is 1. The van der Waals surface area contributed by atoms with E-state index in [1.54, 1.807) is 0 Å². The predicted octanol–water partition coefficient (Wildman–Crippen LogP) is 5.98. The minimum Gasteiger partial charge on any atom is -0.378 e. The van der Waals surface area contributed by atoms with E-state index in [2.05, 4.69) is 51.6 Å². The van der Waals surface area contributed by atoms with Crippen molar-refractivity contribution in [1.82, 2.24) is 0 Å². The molecule has 1 nitrogen and oxygen atoms in total. The van der Waals surface area contributed by atoms with Crippen molar-refractivity contribution in [3.8, 4) is 0 Å². The summed E-state index contributed by atoms with van der Waals surface area (Å²) in [6, 6.07) is 15.2. The molecule has 0 spiro atoms. The molecule has 0 amide bonds. The number of fused-ring (bicyclic) bond motifs is 1. The van der Waals surface area contributed by atoms with Crippen molar-refractivity contribution in [3.05, 3.63) is 63.1 Å². The van der Waals surface area contributed by atoms with Crippen molar-refractivity contribution >= 4 is 33.2 Å². The summed E-state index contributed by atoms with van der Waals surface area (Å²) in [6.07, 6.45) is 4.90. The molecule has 0 fully saturated rings. The Morgan fingerprint density at radius 3 is 2.80 bits per heavy atom. The summed E-state index contributed by atoms with van der Waals surface area (Å²) in [5.74, 6) is 0. The Hall–Kier alpha value is -0.990. The standard InChI is InChI=1S/C17H17BrClN/c18-15-10-9-13(11-16(15)19)20-17-8-4-2-6-12-5-1-3-7-14(12)17/h1,3,5,7,9-11,17,20H,2,4,6,8H2. The van der Waals surface area contributed by atoms with Gasteiger partial charge in [0.15, 0.2) is 0 Å². The van der Waals surface area contributed by atoms with Gasteiger partial charge in [0.05, 0.1) is 11.1 Å². The largest absolute Gasteiger partial charge is 0.378 e. The molecular formula is C17H17BrClN. The molecule has 1 atom stereocenters. The molecule has 3 rings (SSSR count). The smallest absolute Gasteiger partial charge is 0.0568 e. The van der Waals surface area contributed by atoms with Gasteiger partial charge in [-0.25, -0.2) is 0 Å². The van der Waals surface area contributed by atoms with Crippen LogP contribution in [0.2, 0.25) is 5.02 Å². The van der Waals surface area contributed by atoms with Gasteiger partial charge in [-0.05, 0) is 64.5 Å². The zero-order chi connectivity index (χ0) is 13.9. The van der Waals surface area contributed by atoms with Crippen LogP contribution in [0.3, 0.4) is 0 Å². The van der Waals surface area contributed by atoms with E-state index in [1.165, 1.54) is 36.8 Å². The molecule has 104 valence electrons. The molecule has 2 aromatic carbocycles. The number of benzene rings is 2. The van der Waals surface area contributed by atoms with Crippen molar-refractivity contribution in [2.45, 2.75) is 31.7 Å². The highest BCUT2D eigenvalue weighted by Crippen LogP contribution is 2.33. The number of halogens is 2. The quantitative estimate of drug-likeness (QED) is 0.657. The Morgan fingerprint density at radius 1 is 1.10 bits per heavy atom. The summed E-state index contributed by atoms with van der Waals surface area (Å²) in [7, 11) is 0. The van der Waals surface area contributed by atoms with E-state index >= 15 is 0 Å². The van der Waals surface area contributed by atoms with Gasteiger partial charge < -0.3 is 5.32 Å². The molecule has 0 aromatic heterocycles. The third-order valence-electron chi connectivity index (χ3n) is 3.88. The summed E-state index contributed by atoms with van der Waals surface area (Å²) in [4.78, 5) is 0. The van der Waals surface area contributed by atoms with E-state index in [4.69, 9.17) is 11.6 Å². The van der Waals surface area contributed by atoms with Crippen molar-refractivity contribution in [3.63, 3.8) is 0 Å². The van der Waals surface area contributed by atoms with Crippen LogP contribution >= 0.6 is 27.5 Å². The molecule has 0 saturated carbocycles. The fraction of sp³-hybridized carbons (Fsp3) is 0.294. The highest BCUT2D eigenvalue weighted by molar-refractivity contribution is 9.10. The van der Waals surface area contributed by atoms with E-state index in [0.29, 0.717) is 6.04 Å². The number of hydrogen-bond acceptors (Lipinski definition) is 1. The highest BCUT2D eigenvalue weighted by atomic mass is 79.9. The summed E-state index contributed by atoms with van der Waals surface area (Å²) >= 11 is 9.61. The van der Waals surface area contributed by atoms with E-state index in [1.807, 2.05) is 12.1 Å². The molecule has 2 aromatic rings. The Labute approximate surface area is 133 Å². The molecule has 0 heterocycles. The van der Waals surface area contributed by atoms with Crippen LogP contribution in [0.25, 0.3) is 0 Å². The van der Waals surface area contributed by atoms with Crippen molar-refractivity contribution in [2.24, 2.45) is 0 Å². The minimum absolute atomic E-state index is 0.381. The van der Waals surface area contributed by atoms with Gasteiger partial charge in [-0.2, -0.15) is 0 Å². The lowest BCUT2D eigenvalue weighted by Crippen LogP contribution is -2.11. The maximum Gasteiger partial charge on any atom is 0.0568 e. The molecule has 1 aliphatic carbocycles. The summed E-state index contributed by atoms with van der Waals surface area (Å²) in [6.45, 7) is 0. The zero-order valence-electron chi connectivity index (χ0n) is 11.2. The summed E-state index contributed by atoms with van der Waals surface area (Å²) < 4.78 is 0.936. The third kappa shape index (κ3) is 3.02. The molecule has 0 saturated heterocycles. The Morgan fingerprint density at radius 2 is 1.95 bits per heavy atom. The van der Waals surface area contributed by atoms with Crippen molar-refractivity contribution < 1.29 is 0 Å². The monoisotopic (exact) mass is 349 g/mol. The van der Waals surface area contributed by atoms with Gasteiger partial charge in [-0.1, -0.05) is 42.3 Å². The average Bonchev–Trinajstić information content (AvgIpc) is 2.66. The summed E-state index contributed by atoms with van der Waals surface area (Å²) in [5.41, 5.74) is 4.00. The second kappa shape index (κ2) is 6.19. The lowest BCUT2D eigenvalue weighted by molar-refractivity contribution is 0.644. The maximum absolute atomic E-state index is 6.18. The van der Waals surface area contributed by atoms with Crippen LogP contribution in [-0.2, 0) is 6.42 Å². The van der Waals surface area contributed by atoms with Crippen LogP contribution in [0, 0.1) is 0 Å². The number of rotatable bonds is 2. The first-order chi connectivity index (χ1) is 9.74. The predicted molar refractivity (Wildman–Crippen MR) is 89.5 cm³/mol. The molecule has 0 radical (unpaired) electrons. The maximum atomic E-state index is 6.18. The minimum atomic E-state index is 0.381. The molecule has 1 N–H and O–H groups in total. The fourth-order valence-electron chi connectivity index (χ4n) is 2.86. The van der Waals surface area contributed by atoms with Crippen LogP contribution in [0.4, 0.5) is 5.69 Å². The van der Waals surface area contributed by atoms with Gasteiger partial charge in [0, 0.05) is 10.2 Å². The van der Waals surface area contributed by atoms with Gasteiger partial charge in [-0.15, -0.1) is 0 Å². The van der Waals surface area contributed by atoms with Crippen LogP contribution in [-0.4, -0.2) is 0 Å². The number of hydrogen-bond donors (Lipinski definition) is 1. The molecular weight excluding hydrogens is 334 g/mol. The highest BCUT2D eigenvalue weighted by Gasteiger charge is 2.18. The second-order valence-corrected chi connectivity index (χ2v) is 6.53. The first-order valence-corrected chi connectivity index (χ1v) is 8.20. The van der Waals surface area contributed by atoms with Gasteiger partial charge in [-0.3, -0.25) is 0 Å². The van der Waals surface area contributed by atoms with Gasteiger partial charge in [0.2, 0.25) is 0 Å². The van der Waals surface area contributed by atoms with Crippen LogP contribution in [0.15, 0.2) is 46.9 Å². The normalized spacial score (nSPS) is 18.2. The summed E-state index contributed by atoms with van der Waals surface area (Å²) in [5, 5.41) is 4.39. The van der Waals surface area contributed by atoms with Gasteiger partial charge in [0.25, 0.3) is 0 Å². The van der Waals surface area contributed by atoms with E-state index in [0.717, 1.165) is 15.2 Å². The van der Waals surface area contributed by atoms with Crippen LogP contribution < -0.4 is 5.32 Å².